The van der Waals surface area contributed by atoms with Crippen molar-refractivity contribution in [2.24, 2.45) is 5.92 Å². The predicted molar refractivity (Wildman–Crippen MR) is 128 cm³/mol. The zero-order valence-electron chi connectivity index (χ0n) is 20.1. The Bertz CT molecular complexity index is 1150. The van der Waals surface area contributed by atoms with Crippen LogP contribution in [0.3, 0.4) is 0 Å². The van der Waals surface area contributed by atoms with Crippen molar-refractivity contribution in [3.63, 3.8) is 0 Å². The second-order valence-corrected chi connectivity index (χ2v) is 8.39. The summed E-state index contributed by atoms with van der Waals surface area (Å²) in [6, 6.07) is 14.4. The Morgan fingerprint density at radius 2 is 1.69 bits per heavy atom. The van der Waals surface area contributed by atoms with Gasteiger partial charge in [-0.25, -0.2) is 0 Å². The second kappa shape index (κ2) is 10.9. The maximum absolute atomic E-state index is 13.6. The number of hydrogen-bond acceptors (Lipinski definition) is 7. The van der Waals surface area contributed by atoms with Crippen LogP contribution in [0.15, 0.2) is 53.1 Å². The number of aromatic nitrogens is 1. The molecule has 4 rings (SSSR count). The first-order valence-corrected chi connectivity index (χ1v) is 11.4. The Kier molecular flexibility index (Phi) is 7.54. The molecule has 2 aromatic carbocycles. The van der Waals surface area contributed by atoms with Crippen LogP contribution in [0.4, 0.5) is 0 Å². The molecule has 184 valence electrons. The average Bonchev–Trinajstić information content (AvgIpc) is 3.61. The molecular formula is C26H29N3O6. The molecule has 35 heavy (non-hydrogen) atoms. The summed E-state index contributed by atoms with van der Waals surface area (Å²) in [4.78, 5) is 27.6. The first kappa shape index (κ1) is 24.1. The van der Waals surface area contributed by atoms with E-state index in [9.17, 15) is 9.59 Å². The van der Waals surface area contributed by atoms with Gasteiger partial charge in [0.2, 0.25) is 5.75 Å². The topological polar surface area (TPSA) is 103 Å². The number of nitrogens with zero attached hydrogens (tertiary/aromatic N) is 2. The molecule has 0 radical (unpaired) electrons. The van der Waals surface area contributed by atoms with Crippen LogP contribution in [0.25, 0.3) is 0 Å². The Morgan fingerprint density at radius 1 is 1.00 bits per heavy atom. The summed E-state index contributed by atoms with van der Waals surface area (Å²) < 4.78 is 21.6. The van der Waals surface area contributed by atoms with Crippen molar-refractivity contribution in [2.75, 3.05) is 27.9 Å². The minimum absolute atomic E-state index is 0.118. The number of carbonyl (C=O) groups is 2. The van der Waals surface area contributed by atoms with Crippen LogP contribution in [-0.4, -0.2) is 49.7 Å². The minimum Gasteiger partial charge on any atom is -0.493 e. The van der Waals surface area contributed by atoms with Crippen LogP contribution >= 0.6 is 0 Å². The van der Waals surface area contributed by atoms with Crippen molar-refractivity contribution in [1.29, 1.82) is 0 Å². The van der Waals surface area contributed by atoms with Gasteiger partial charge in [0.05, 0.1) is 27.9 Å². The maximum Gasteiger partial charge on any atom is 0.273 e. The second-order valence-electron chi connectivity index (χ2n) is 8.39. The summed E-state index contributed by atoms with van der Waals surface area (Å²) >= 11 is 0. The van der Waals surface area contributed by atoms with E-state index in [1.807, 2.05) is 30.3 Å². The van der Waals surface area contributed by atoms with Gasteiger partial charge in [0.25, 0.3) is 11.8 Å². The quantitative estimate of drug-likeness (QED) is 0.447. The Morgan fingerprint density at radius 3 is 2.29 bits per heavy atom. The zero-order valence-corrected chi connectivity index (χ0v) is 20.1. The van der Waals surface area contributed by atoms with E-state index in [4.69, 9.17) is 18.7 Å². The lowest BCUT2D eigenvalue weighted by Gasteiger charge is -2.23. The summed E-state index contributed by atoms with van der Waals surface area (Å²) in [5.41, 5.74) is 1.49. The zero-order chi connectivity index (χ0) is 24.8. The SMILES string of the molecule is COc1cc(C(=O)N(Cc2ccccc2)Cc2cc(C(=O)NCC3CC3)no2)cc(OC)c1OC. The largest absolute Gasteiger partial charge is 0.493 e. The van der Waals surface area contributed by atoms with Crippen molar-refractivity contribution < 1.29 is 28.3 Å². The van der Waals surface area contributed by atoms with Crippen molar-refractivity contribution >= 4 is 11.8 Å². The van der Waals surface area contributed by atoms with E-state index in [-0.39, 0.29) is 24.1 Å². The molecule has 0 spiro atoms. The monoisotopic (exact) mass is 479 g/mol. The molecule has 1 aliphatic carbocycles. The smallest absolute Gasteiger partial charge is 0.273 e. The first-order valence-electron chi connectivity index (χ1n) is 11.4. The number of benzene rings is 2. The molecule has 0 bridgehead atoms. The predicted octanol–water partition coefficient (Wildman–Crippen LogP) is 3.68. The fourth-order valence-electron chi connectivity index (χ4n) is 3.72. The van der Waals surface area contributed by atoms with Crippen LogP contribution in [0.5, 0.6) is 17.2 Å². The van der Waals surface area contributed by atoms with Gasteiger partial charge >= 0.3 is 0 Å². The number of ether oxygens (including phenoxy) is 3. The number of nitrogens with one attached hydrogen (secondary N) is 1. The number of hydrogen-bond donors (Lipinski definition) is 1. The van der Waals surface area contributed by atoms with Crippen LogP contribution in [-0.2, 0) is 13.1 Å². The Labute approximate surface area is 203 Å². The highest BCUT2D eigenvalue weighted by atomic mass is 16.5. The van der Waals surface area contributed by atoms with Gasteiger partial charge < -0.3 is 29.0 Å². The molecule has 1 saturated carbocycles. The molecular weight excluding hydrogens is 450 g/mol. The molecule has 0 saturated heterocycles. The van der Waals surface area contributed by atoms with Gasteiger partial charge in [-0.1, -0.05) is 35.5 Å². The maximum atomic E-state index is 13.6. The van der Waals surface area contributed by atoms with Gasteiger partial charge in [0.1, 0.15) is 0 Å². The molecule has 0 unspecified atom stereocenters. The highest BCUT2D eigenvalue weighted by Crippen LogP contribution is 2.38. The van der Waals surface area contributed by atoms with Crippen molar-refractivity contribution in [2.45, 2.75) is 25.9 Å². The van der Waals surface area contributed by atoms with Crippen molar-refractivity contribution in [1.82, 2.24) is 15.4 Å². The third-order valence-corrected chi connectivity index (χ3v) is 5.80. The minimum atomic E-state index is -0.280. The van der Waals surface area contributed by atoms with Crippen molar-refractivity contribution in [3.05, 3.63) is 71.1 Å². The van der Waals surface area contributed by atoms with Crippen LogP contribution < -0.4 is 19.5 Å². The molecule has 3 aromatic rings. The van der Waals surface area contributed by atoms with Crippen molar-refractivity contribution in [3.8, 4) is 17.2 Å². The molecule has 9 heteroatoms. The molecule has 1 heterocycles. The van der Waals surface area contributed by atoms with E-state index >= 15 is 0 Å². The molecule has 0 atom stereocenters. The third kappa shape index (κ3) is 5.92. The average molecular weight is 480 g/mol. The standard InChI is InChI=1S/C26H29N3O6/c1-32-22-11-19(12-23(33-2)24(22)34-3)26(31)29(15-18-7-5-4-6-8-18)16-20-13-21(28-35-20)25(30)27-14-17-9-10-17/h4-8,11-13,17H,9-10,14-16H2,1-3H3,(H,27,30). The van der Waals surface area contributed by atoms with E-state index in [2.05, 4.69) is 10.5 Å². The summed E-state index contributed by atoms with van der Waals surface area (Å²) in [5.74, 6) is 1.56. The van der Waals surface area contributed by atoms with Gasteiger partial charge in [0, 0.05) is 24.7 Å². The lowest BCUT2D eigenvalue weighted by atomic mass is 10.1. The Balaban J connectivity index is 1.58. The summed E-state index contributed by atoms with van der Waals surface area (Å²) in [7, 11) is 4.50. The summed E-state index contributed by atoms with van der Waals surface area (Å²) in [6.07, 6.45) is 2.28. The fourth-order valence-corrected chi connectivity index (χ4v) is 3.72. The molecule has 1 aromatic heterocycles. The molecule has 9 nitrogen and oxygen atoms in total. The summed E-state index contributed by atoms with van der Waals surface area (Å²) in [5, 5.41) is 6.77. The third-order valence-electron chi connectivity index (χ3n) is 5.80. The Hall–Kier alpha value is -4.01. The first-order chi connectivity index (χ1) is 17.0. The number of methoxy groups -OCH3 is 3. The van der Waals surface area contributed by atoms with Crippen LogP contribution in [0, 0.1) is 5.92 Å². The number of rotatable bonds is 11. The molecule has 2 amide bonds. The van der Waals surface area contributed by atoms with E-state index < -0.39 is 0 Å². The molecule has 1 aliphatic rings. The van der Waals surface area contributed by atoms with Gasteiger partial charge in [-0.3, -0.25) is 9.59 Å². The number of amides is 2. The lowest BCUT2D eigenvalue weighted by Crippen LogP contribution is -2.30. The molecule has 1 N–H and O–H groups in total. The van der Waals surface area contributed by atoms with Gasteiger partial charge in [0.15, 0.2) is 23.0 Å². The van der Waals surface area contributed by atoms with E-state index in [1.54, 1.807) is 23.1 Å². The summed E-state index contributed by atoms with van der Waals surface area (Å²) in [6.45, 7) is 1.08. The van der Waals surface area contributed by atoms with E-state index in [1.165, 1.54) is 21.3 Å². The van der Waals surface area contributed by atoms with E-state index in [0.717, 1.165) is 18.4 Å². The highest BCUT2D eigenvalue weighted by molar-refractivity contribution is 5.96. The van der Waals surface area contributed by atoms with Gasteiger partial charge in [-0.05, 0) is 36.5 Å². The van der Waals surface area contributed by atoms with Crippen LogP contribution in [0.1, 0.15) is 45.0 Å². The molecule has 0 aliphatic heterocycles. The normalized spacial score (nSPS) is 12.7. The van der Waals surface area contributed by atoms with Gasteiger partial charge in [-0.15, -0.1) is 0 Å². The fraction of sp³-hybridized carbons (Fsp3) is 0.346. The van der Waals surface area contributed by atoms with Crippen LogP contribution in [0.2, 0.25) is 0 Å². The lowest BCUT2D eigenvalue weighted by molar-refractivity contribution is 0.0712. The van der Waals surface area contributed by atoms with E-state index in [0.29, 0.717) is 47.6 Å². The molecule has 1 fully saturated rings. The highest BCUT2D eigenvalue weighted by Gasteiger charge is 2.25. The number of carbonyl (C=O) groups excluding carboxylic acids is 2. The van der Waals surface area contributed by atoms with Gasteiger partial charge in [-0.2, -0.15) is 0 Å².